The zero-order chi connectivity index (χ0) is 37.4. The molecule has 3 fully saturated rings. The molecule has 1 heterocycles. The SMILES string of the molecule is CC1(C)CC[C@]2(C(=O)NS(=O)(=O)c3ccc(Cl)cc3)CC[C@]3(C)C(=CC[C@@H]4[C@@]5(C)Cc6c([nH]c7cccc(C(=O)O)c67)C(C)(C)[C@@H]5CC[C@]43C)[C@@H]2C1. The molecule has 3 aromatic rings. The maximum atomic E-state index is 14.6. The van der Waals surface area contributed by atoms with E-state index in [1.165, 1.54) is 35.5 Å². The second-order valence-electron chi connectivity index (χ2n) is 19.2. The highest BCUT2D eigenvalue weighted by atomic mass is 35.5. The van der Waals surface area contributed by atoms with E-state index in [-0.39, 0.29) is 43.8 Å². The Morgan fingerprint density at radius 3 is 2.29 bits per heavy atom. The summed E-state index contributed by atoms with van der Waals surface area (Å²) in [6.07, 6.45) is 10.2. The van der Waals surface area contributed by atoms with E-state index in [2.05, 4.69) is 64.2 Å². The van der Waals surface area contributed by atoms with Crippen LogP contribution in [0.25, 0.3) is 10.9 Å². The number of carboxylic acids is 1. The predicted octanol–water partition coefficient (Wildman–Crippen LogP) is 9.84. The van der Waals surface area contributed by atoms with Crippen LogP contribution in [-0.4, -0.2) is 30.4 Å². The molecule has 0 spiro atoms. The number of allylic oxidation sites excluding steroid dienone is 2. The second kappa shape index (κ2) is 11.2. The molecule has 5 aliphatic carbocycles. The van der Waals surface area contributed by atoms with Crippen LogP contribution in [0.3, 0.4) is 0 Å². The van der Waals surface area contributed by atoms with Crippen molar-refractivity contribution in [2.45, 2.75) is 117 Å². The molecule has 278 valence electrons. The zero-order valence-corrected chi connectivity index (χ0v) is 33.2. The molecule has 1 amide bonds. The Hall–Kier alpha value is -3.10. The number of carbonyl (C=O) groups is 2. The van der Waals surface area contributed by atoms with Gasteiger partial charge >= 0.3 is 5.97 Å². The molecule has 0 bridgehead atoms. The number of benzene rings is 2. The molecule has 0 unspecified atom stereocenters. The number of hydrogen-bond donors (Lipinski definition) is 3. The highest BCUT2D eigenvalue weighted by Gasteiger charge is 2.69. The number of halogens is 1. The first-order valence-electron chi connectivity index (χ1n) is 19.1. The number of nitrogens with one attached hydrogen (secondary N) is 2. The molecular weight excluding hydrogens is 692 g/mol. The normalized spacial score (nSPS) is 35.9. The number of sulfonamides is 1. The molecular formula is C43H53ClN2O5S. The number of H-pyrrole nitrogens is 1. The summed E-state index contributed by atoms with van der Waals surface area (Å²) in [4.78, 5) is 30.8. The summed E-state index contributed by atoms with van der Waals surface area (Å²) in [5.41, 5.74) is 3.71. The van der Waals surface area contributed by atoms with Gasteiger partial charge < -0.3 is 10.1 Å². The lowest BCUT2D eigenvalue weighted by atomic mass is 9.33. The number of fused-ring (bicyclic) bond motifs is 10. The predicted molar refractivity (Wildman–Crippen MR) is 205 cm³/mol. The molecule has 3 saturated carbocycles. The number of aromatic nitrogens is 1. The third kappa shape index (κ3) is 4.77. The molecule has 2 aromatic carbocycles. The molecule has 7 nitrogen and oxygen atoms in total. The van der Waals surface area contributed by atoms with Gasteiger partial charge in [0.15, 0.2) is 0 Å². The van der Waals surface area contributed by atoms with Crippen molar-refractivity contribution in [1.29, 1.82) is 0 Å². The summed E-state index contributed by atoms with van der Waals surface area (Å²) in [5, 5.41) is 11.5. The van der Waals surface area contributed by atoms with Crippen LogP contribution in [0.15, 0.2) is 59.0 Å². The highest BCUT2D eigenvalue weighted by molar-refractivity contribution is 7.90. The van der Waals surface area contributed by atoms with Gasteiger partial charge in [0.2, 0.25) is 5.91 Å². The second-order valence-corrected chi connectivity index (χ2v) is 21.3. The van der Waals surface area contributed by atoms with Crippen molar-refractivity contribution in [1.82, 2.24) is 9.71 Å². The van der Waals surface area contributed by atoms with Crippen LogP contribution in [0.2, 0.25) is 5.02 Å². The van der Waals surface area contributed by atoms with E-state index in [0.717, 1.165) is 61.4 Å². The Morgan fingerprint density at radius 2 is 1.60 bits per heavy atom. The maximum absolute atomic E-state index is 14.6. The lowest BCUT2D eigenvalue weighted by molar-refractivity contribution is -0.166. The summed E-state index contributed by atoms with van der Waals surface area (Å²) in [6.45, 7) is 16.7. The summed E-state index contributed by atoms with van der Waals surface area (Å²) in [7, 11) is -4.08. The molecule has 52 heavy (non-hydrogen) atoms. The van der Waals surface area contributed by atoms with Crippen molar-refractivity contribution in [2.75, 3.05) is 0 Å². The highest BCUT2D eigenvalue weighted by Crippen LogP contribution is 2.75. The lowest BCUT2D eigenvalue weighted by Crippen LogP contribution is -2.65. The average Bonchev–Trinajstić information content (AvgIpc) is 3.44. The first kappa shape index (κ1) is 35.9. The standard InChI is InChI=1S/C43H53ClN2O5S/c1-38(2)19-21-43(37(49)46-52(50,51)26-13-11-25(44)12-14-26)22-20-41(6)29(30(43)24-38)15-16-33-40(5)23-28-34-27(36(47)48)9-8-10-31(34)45-35(28)39(3,4)32(40)17-18-42(33,41)7/h8-15,30,32-33,45H,16-24H2,1-7H3,(H,46,49)(H,47,48)/t30-,32-,33+,40-,41+,42+,43-/m0/s1. The molecule has 1 aromatic heterocycles. The Bertz CT molecular complexity index is 2170. The number of carbonyl (C=O) groups excluding carboxylic acids is 1. The Morgan fingerprint density at radius 1 is 0.904 bits per heavy atom. The molecule has 3 N–H and O–H groups in total. The molecule has 7 atom stereocenters. The number of amides is 1. The van der Waals surface area contributed by atoms with Gasteiger partial charge in [-0.3, -0.25) is 4.79 Å². The van der Waals surface area contributed by atoms with Crippen molar-refractivity contribution in [3.63, 3.8) is 0 Å². The molecule has 5 aliphatic rings. The van der Waals surface area contributed by atoms with Crippen molar-refractivity contribution in [2.24, 2.45) is 44.8 Å². The van der Waals surface area contributed by atoms with Gasteiger partial charge in [-0.1, -0.05) is 77.8 Å². The zero-order valence-electron chi connectivity index (χ0n) is 31.6. The van der Waals surface area contributed by atoms with E-state index in [1.54, 1.807) is 6.07 Å². The number of rotatable bonds is 4. The van der Waals surface area contributed by atoms with Gasteiger partial charge in [-0.05, 0) is 139 Å². The Kier molecular flexibility index (Phi) is 7.75. The number of aromatic carboxylic acids is 1. The average molecular weight is 745 g/mol. The minimum Gasteiger partial charge on any atom is -0.478 e. The lowest BCUT2D eigenvalue weighted by Gasteiger charge is -2.70. The van der Waals surface area contributed by atoms with Gasteiger partial charge in [-0.15, -0.1) is 0 Å². The quantitative estimate of drug-likeness (QED) is 0.230. The van der Waals surface area contributed by atoms with Gasteiger partial charge in [0, 0.05) is 27.0 Å². The molecule has 9 heteroatoms. The Labute approximate surface area is 313 Å². The van der Waals surface area contributed by atoms with E-state index in [1.807, 2.05) is 12.1 Å². The first-order valence-corrected chi connectivity index (χ1v) is 21.0. The van der Waals surface area contributed by atoms with Gasteiger partial charge in [-0.25, -0.2) is 17.9 Å². The molecule has 0 saturated heterocycles. The van der Waals surface area contributed by atoms with E-state index >= 15 is 0 Å². The molecule has 0 radical (unpaired) electrons. The minimum atomic E-state index is -4.08. The van der Waals surface area contributed by atoms with Crippen molar-refractivity contribution < 1.29 is 23.1 Å². The van der Waals surface area contributed by atoms with Crippen LogP contribution in [0.1, 0.15) is 121 Å². The Balaban J connectivity index is 1.21. The third-order valence-corrected chi connectivity index (χ3v) is 17.5. The fourth-order valence-electron chi connectivity index (χ4n) is 13.1. The van der Waals surface area contributed by atoms with Gasteiger partial charge in [0.25, 0.3) is 10.0 Å². The summed E-state index contributed by atoms with van der Waals surface area (Å²) < 4.78 is 29.7. The summed E-state index contributed by atoms with van der Waals surface area (Å²) >= 11 is 6.05. The minimum absolute atomic E-state index is 0.0188. The van der Waals surface area contributed by atoms with E-state index in [0.29, 0.717) is 35.3 Å². The van der Waals surface area contributed by atoms with Gasteiger partial charge in [0.05, 0.1) is 15.9 Å². The van der Waals surface area contributed by atoms with E-state index in [4.69, 9.17) is 11.6 Å². The van der Waals surface area contributed by atoms with Gasteiger partial charge in [-0.2, -0.15) is 0 Å². The van der Waals surface area contributed by atoms with Crippen LogP contribution < -0.4 is 4.72 Å². The smallest absolute Gasteiger partial charge is 0.336 e. The fraction of sp³-hybridized carbons (Fsp3) is 0.581. The van der Waals surface area contributed by atoms with Crippen LogP contribution in [0.5, 0.6) is 0 Å². The van der Waals surface area contributed by atoms with Crippen molar-refractivity contribution in [3.8, 4) is 0 Å². The third-order valence-electron chi connectivity index (χ3n) is 15.9. The first-order chi connectivity index (χ1) is 24.2. The topological polar surface area (TPSA) is 116 Å². The van der Waals surface area contributed by atoms with Crippen LogP contribution in [0.4, 0.5) is 0 Å². The van der Waals surface area contributed by atoms with Gasteiger partial charge in [0.1, 0.15) is 0 Å². The fourth-order valence-corrected chi connectivity index (χ4v) is 14.3. The summed E-state index contributed by atoms with van der Waals surface area (Å²) in [6, 6.07) is 11.6. The number of carboxylic acid groups (broad SMARTS) is 1. The number of hydrogen-bond acceptors (Lipinski definition) is 4. The van der Waals surface area contributed by atoms with E-state index in [9.17, 15) is 23.1 Å². The maximum Gasteiger partial charge on any atom is 0.336 e. The molecule has 8 rings (SSSR count). The monoisotopic (exact) mass is 744 g/mol. The molecule has 0 aliphatic heterocycles. The van der Waals surface area contributed by atoms with Crippen molar-refractivity contribution in [3.05, 3.63) is 76.0 Å². The van der Waals surface area contributed by atoms with Crippen molar-refractivity contribution >= 4 is 44.4 Å². The van der Waals surface area contributed by atoms with E-state index < -0.39 is 21.4 Å². The summed E-state index contributed by atoms with van der Waals surface area (Å²) in [5.74, 6) is -0.561. The van der Waals surface area contributed by atoms with Crippen LogP contribution in [0, 0.1) is 44.8 Å². The number of aromatic amines is 1. The van der Waals surface area contributed by atoms with Crippen LogP contribution >= 0.6 is 11.6 Å². The largest absolute Gasteiger partial charge is 0.478 e. The van der Waals surface area contributed by atoms with Crippen LogP contribution in [-0.2, 0) is 26.7 Å².